The lowest BCUT2D eigenvalue weighted by Crippen LogP contribution is -2.41. The van der Waals surface area contributed by atoms with E-state index in [-0.39, 0.29) is 6.71 Å². The molecule has 0 aliphatic heterocycles. The third-order valence-electron chi connectivity index (χ3n) is 8.77. The molecule has 0 saturated carbocycles. The Kier molecular flexibility index (Phi) is 10.1. The van der Waals surface area contributed by atoms with Gasteiger partial charge in [0.05, 0.1) is 0 Å². The maximum Gasteiger partial charge on any atom is 0.243 e. The molecule has 2 aromatic carbocycles. The molecule has 4 rings (SSSR count). The summed E-state index contributed by atoms with van der Waals surface area (Å²) < 4.78 is 0. The van der Waals surface area contributed by atoms with Crippen LogP contribution >= 0.6 is 0 Å². The van der Waals surface area contributed by atoms with Crippen molar-refractivity contribution in [2.24, 2.45) is 11.8 Å². The average Bonchev–Trinajstić information content (AvgIpc) is 2.99. The molecule has 0 bridgehead atoms. The van der Waals surface area contributed by atoms with Crippen LogP contribution in [-0.2, 0) is 0 Å². The van der Waals surface area contributed by atoms with Gasteiger partial charge in [0.1, 0.15) is 0 Å². The molecule has 2 atom stereocenters. The first kappa shape index (κ1) is 30.9. The molecule has 2 aromatic rings. The highest BCUT2D eigenvalue weighted by Gasteiger charge is 2.37. The Balaban J connectivity index is 2.09. The quantitative estimate of drug-likeness (QED) is 0.216. The Morgan fingerprint density at radius 3 is 2.29 bits per heavy atom. The molecule has 0 nitrogen and oxygen atoms in total. The summed E-state index contributed by atoms with van der Waals surface area (Å²) in [7, 11) is 0. The summed E-state index contributed by atoms with van der Waals surface area (Å²) in [6, 6.07) is 13.3. The van der Waals surface area contributed by atoms with Gasteiger partial charge in [-0.3, -0.25) is 0 Å². The lowest BCUT2D eigenvalue weighted by atomic mass is 9.30. The molecule has 0 N–H and O–H groups in total. The van der Waals surface area contributed by atoms with E-state index >= 15 is 0 Å². The molecule has 0 spiro atoms. The van der Waals surface area contributed by atoms with E-state index in [1.54, 1.807) is 0 Å². The molecule has 0 radical (unpaired) electrons. The van der Waals surface area contributed by atoms with Crippen molar-refractivity contribution in [1.29, 1.82) is 0 Å². The van der Waals surface area contributed by atoms with E-state index in [0.29, 0.717) is 11.8 Å². The zero-order valence-corrected chi connectivity index (χ0v) is 26.5. The van der Waals surface area contributed by atoms with Gasteiger partial charge >= 0.3 is 0 Å². The number of hydrogen-bond donors (Lipinski definition) is 0. The van der Waals surface area contributed by atoms with Gasteiger partial charge in [-0.15, -0.1) is 0 Å². The molecular formula is C41H45B. The van der Waals surface area contributed by atoms with Crippen LogP contribution in [0.2, 0.25) is 0 Å². The van der Waals surface area contributed by atoms with Crippen molar-refractivity contribution >= 4 is 29.3 Å². The average molecular weight is 549 g/mol. The highest BCUT2D eigenvalue weighted by molar-refractivity contribution is 6.96. The first-order valence-electron chi connectivity index (χ1n) is 15.2. The fourth-order valence-electron chi connectivity index (χ4n) is 6.75. The number of rotatable bonds is 9. The third-order valence-corrected chi connectivity index (χ3v) is 8.77. The van der Waals surface area contributed by atoms with Crippen molar-refractivity contribution in [2.45, 2.75) is 48.5 Å². The molecule has 0 saturated heterocycles. The normalized spacial score (nSPS) is 19.0. The number of allylic oxidation sites excluding steroid dienone is 16. The number of benzene rings is 2. The van der Waals surface area contributed by atoms with Gasteiger partial charge in [-0.25, -0.2) is 0 Å². The summed E-state index contributed by atoms with van der Waals surface area (Å²) >= 11 is 0. The van der Waals surface area contributed by atoms with Crippen molar-refractivity contribution in [3.05, 3.63) is 166 Å². The highest BCUT2D eigenvalue weighted by atomic mass is 14.3. The van der Waals surface area contributed by atoms with Crippen LogP contribution in [0.25, 0.3) is 17.1 Å². The first-order chi connectivity index (χ1) is 20.3. The Morgan fingerprint density at radius 2 is 1.62 bits per heavy atom. The van der Waals surface area contributed by atoms with Crippen molar-refractivity contribution in [3.8, 4) is 0 Å². The van der Waals surface area contributed by atoms with E-state index in [2.05, 4.69) is 159 Å². The van der Waals surface area contributed by atoms with Gasteiger partial charge in [0.15, 0.2) is 0 Å². The van der Waals surface area contributed by atoms with Gasteiger partial charge in [-0.2, -0.15) is 0 Å². The van der Waals surface area contributed by atoms with E-state index in [1.807, 2.05) is 12.2 Å². The maximum atomic E-state index is 4.60. The van der Waals surface area contributed by atoms with Crippen molar-refractivity contribution in [3.63, 3.8) is 0 Å². The van der Waals surface area contributed by atoms with Crippen LogP contribution in [0.5, 0.6) is 0 Å². The predicted octanol–water partition coefficient (Wildman–Crippen LogP) is 10.6. The summed E-state index contributed by atoms with van der Waals surface area (Å²) in [6.07, 6.45) is 26.5. The zero-order valence-electron chi connectivity index (χ0n) is 26.5. The molecule has 0 amide bonds. The SMILES string of the molecule is C=C/C=C\C(=C/C)C(=C)c1ccccc1/C(=C\C)B(C1=C2C=CC=CC2[C@@H](C)C=C1C)c1c(C)ccc(C)c1/C=C\C. The van der Waals surface area contributed by atoms with E-state index < -0.39 is 0 Å². The van der Waals surface area contributed by atoms with Gasteiger partial charge in [-0.05, 0) is 86.4 Å². The summed E-state index contributed by atoms with van der Waals surface area (Å²) in [5.74, 6) is 0.822. The van der Waals surface area contributed by atoms with E-state index in [0.717, 1.165) is 16.7 Å². The lowest BCUT2D eigenvalue weighted by molar-refractivity contribution is 0.576. The van der Waals surface area contributed by atoms with Crippen LogP contribution in [0.4, 0.5) is 0 Å². The Morgan fingerprint density at radius 1 is 0.905 bits per heavy atom. The van der Waals surface area contributed by atoms with Crippen LogP contribution in [-0.4, -0.2) is 6.71 Å². The first-order valence-corrected chi connectivity index (χ1v) is 15.2. The minimum Gasteiger partial charge on any atom is -0.0991 e. The van der Waals surface area contributed by atoms with Gasteiger partial charge in [0.2, 0.25) is 6.71 Å². The number of hydrogen-bond acceptors (Lipinski definition) is 0. The molecule has 0 fully saturated rings. The second-order valence-corrected chi connectivity index (χ2v) is 11.4. The lowest BCUT2D eigenvalue weighted by Gasteiger charge is -2.36. The Bertz CT molecular complexity index is 1620. The maximum absolute atomic E-state index is 4.60. The number of aryl methyl sites for hydroxylation is 2. The Hall–Kier alpha value is -4.10. The molecule has 212 valence electrons. The summed E-state index contributed by atoms with van der Waals surface area (Å²) in [6.45, 7) is 24.1. The third kappa shape index (κ3) is 5.93. The van der Waals surface area contributed by atoms with Crippen LogP contribution in [0.15, 0.2) is 139 Å². The second-order valence-electron chi connectivity index (χ2n) is 11.4. The molecule has 0 aromatic heterocycles. The zero-order chi connectivity index (χ0) is 30.4. The van der Waals surface area contributed by atoms with Crippen LogP contribution in [0.3, 0.4) is 0 Å². The summed E-state index contributed by atoms with van der Waals surface area (Å²) in [5, 5.41) is 0. The second kappa shape index (κ2) is 13.7. The summed E-state index contributed by atoms with van der Waals surface area (Å²) in [5.41, 5.74) is 15.3. The van der Waals surface area contributed by atoms with Gasteiger partial charge < -0.3 is 0 Å². The van der Waals surface area contributed by atoms with Crippen LogP contribution in [0, 0.1) is 25.7 Å². The van der Waals surface area contributed by atoms with Crippen molar-refractivity contribution < 1.29 is 0 Å². The van der Waals surface area contributed by atoms with E-state index in [1.165, 1.54) is 49.8 Å². The summed E-state index contributed by atoms with van der Waals surface area (Å²) in [4.78, 5) is 0. The molecule has 1 unspecified atom stereocenters. The predicted molar refractivity (Wildman–Crippen MR) is 190 cm³/mol. The van der Waals surface area contributed by atoms with Crippen LogP contribution in [0.1, 0.15) is 62.4 Å². The monoisotopic (exact) mass is 548 g/mol. The molecule has 2 aliphatic rings. The molecular weight excluding hydrogens is 503 g/mol. The van der Waals surface area contributed by atoms with E-state index in [4.69, 9.17) is 0 Å². The number of fused-ring (bicyclic) bond motifs is 1. The topological polar surface area (TPSA) is 0 Å². The minimum absolute atomic E-state index is 0.0465. The van der Waals surface area contributed by atoms with Gasteiger partial charge in [0.25, 0.3) is 0 Å². The minimum atomic E-state index is 0.0465. The molecule has 2 aliphatic carbocycles. The highest BCUT2D eigenvalue weighted by Crippen LogP contribution is 2.42. The Labute approximate surface area is 255 Å². The van der Waals surface area contributed by atoms with E-state index in [9.17, 15) is 0 Å². The van der Waals surface area contributed by atoms with Crippen molar-refractivity contribution in [2.75, 3.05) is 0 Å². The van der Waals surface area contributed by atoms with Crippen LogP contribution < -0.4 is 5.46 Å². The van der Waals surface area contributed by atoms with Gasteiger partial charge in [0, 0.05) is 5.92 Å². The smallest absolute Gasteiger partial charge is 0.0991 e. The molecule has 1 heteroatoms. The fourth-order valence-corrected chi connectivity index (χ4v) is 6.75. The molecule has 42 heavy (non-hydrogen) atoms. The fraction of sp³-hybridized carbons (Fsp3) is 0.220. The van der Waals surface area contributed by atoms with Crippen molar-refractivity contribution in [1.82, 2.24) is 0 Å². The molecule has 0 heterocycles. The standard InChI is InChI=1S/C41H45B/c1-10-14-20-33(12-3)32(9)36-22-16-17-23-37(36)39(13-4)42(40-29(6)26-25-28(5)35(40)19-11-2)41-31(8)27-30(7)34-21-15-18-24-38(34)41/h10-27,30,34H,1,9H2,2-8H3/b19-11-,20-14-,33-12+,39-13+/t30-,34?/m0/s1. The van der Waals surface area contributed by atoms with Gasteiger partial charge in [-0.1, -0.05) is 157 Å². The largest absolute Gasteiger partial charge is 0.243 e.